The van der Waals surface area contributed by atoms with Crippen LogP contribution in [0.3, 0.4) is 0 Å². The van der Waals surface area contributed by atoms with Crippen LogP contribution in [0.5, 0.6) is 23.1 Å². The van der Waals surface area contributed by atoms with E-state index in [4.69, 9.17) is 35.7 Å². The number of hydrogen-bond acceptors (Lipinski definition) is 8. The second-order valence-electron chi connectivity index (χ2n) is 8.17. The van der Waals surface area contributed by atoms with Gasteiger partial charge in [-0.3, -0.25) is 9.78 Å². The molecule has 0 unspecified atom stereocenters. The van der Waals surface area contributed by atoms with Gasteiger partial charge in [-0.05, 0) is 25.5 Å². The number of rotatable bonds is 11. The van der Waals surface area contributed by atoms with E-state index in [1.807, 2.05) is 0 Å². The molecule has 0 saturated carbocycles. The van der Waals surface area contributed by atoms with Crippen molar-refractivity contribution in [2.24, 2.45) is 0 Å². The largest absolute Gasteiger partial charge is 0.496 e. The topological polar surface area (TPSA) is 138 Å². The smallest absolute Gasteiger partial charge is 0.332 e. The highest BCUT2D eigenvalue weighted by atomic mass is 35.5. The Morgan fingerprint density at radius 3 is 2.54 bits per heavy atom. The number of carboxylic acids is 1. The molecule has 0 aliphatic carbocycles. The van der Waals surface area contributed by atoms with Gasteiger partial charge in [0.1, 0.15) is 23.7 Å². The summed E-state index contributed by atoms with van der Waals surface area (Å²) in [5.74, 6) is -2.62. The van der Waals surface area contributed by atoms with Crippen LogP contribution in [-0.4, -0.2) is 51.4 Å². The molecule has 206 valence electrons. The monoisotopic (exact) mass is 564 g/mol. The van der Waals surface area contributed by atoms with Crippen LogP contribution < -0.4 is 24.6 Å². The van der Waals surface area contributed by atoms with E-state index >= 15 is 0 Å². The zero-order chi connectivity index (χ0) is 28.3. The third-order valence-corrected chi connectivity index (χ3v) is 5.90. The molecule has 14 heteroatoms. The van der Waals surface area contributed by atoms with E-state index in [0.717, 1.165) is 6.07 Å². The average molecular weight is 565 g/mol. The van der Waals surface area contributed by atoms with E-state index in [0.29, 0.717) is 5.82 Å². The number of benzene rings is 2. The number of H-pyrrole nitrogens is 1. The molecule has 0 amide bonds. The fourth-order valence-corrected chi connectivity index (χ4v) is 4.05. The number of aromatic amines is 1. The fourth-order valence-electron chi connectivity index (χ4n) is 3.81. The third-order valence-electron chi connectivity index (χ3n) is 5.60. The van der Waals surface area contributed by atoms with Gasteiger partial charge in [-0.25, -0.2) is 23.1 Å². The Morgan fingerprint density at radius 2 is 1.85 bits per heavy atom. The molecular formula is C25H23ClF2N4O7. The highest BCUT2D eigenvalue weighted by molar-refractivity contribution is 6.32. The van der Waals surface area contributed by atoms with Crippen LogP contribution in [0.4, 0.5) is 8.78 Å². The number of nitrogens with zero attached hydrogens (tertiary/aromatic N) is 3. The van der Waals surface area contributed by atoms with Crippen LogP contribution in [0.1, 0.15) is 24.2 Å². The van der Waals surface area contributed by atoms with Crippen LogP contribution in [0, 0.1) is 18.6 Å². The number of carboxylic acid groups (broad SMARTS) is 1. The van der Waals surface area contributed by atoms with Crippen LogP contribution in [0.25, 0.3) is 16.9 Å². The van der Waals surface area contributed by atoms with Crippen LogP contribution >= 0.6 is 11.6 Å². The lowest BCUT2D eigenvalue weighted by atomic mass is 10.2. The van der Waals surface area contributed by atoms with Gasteiger partial charge < -0.3 is 24.1 Å². The standard InChI is InChI=1S/C25H23ClF2N4O7/c1-12-29-23-22(24(30-12)37-3)31-25(35)32(23)16-10-19(18(9-14(16)26)38-8-4-5-20(33)34)39-11-13-17(36-2)7-6-15(27)21(13)28/h6-7,9-10H,4-5,8,11H2,1-3H3,(H,31,35)(H,33,34). The van der Waals surface area contributed by atoms with Gasteiger partial charge in [0.05, 0.1) is 37.1 Å². The molecule has 2 aromatic carbocycles. The minimum atomic E-state index is -1.15. The average Bonchev–Trinajstić information content (AvgIpc) is 3.22. The Kier molecular flexibility index (Phi) is 8.19. The summed E-state index contributed by atoms with van der Waals surface area (Å²) in [7, 11) is 2.70. The first-order chi connectivity index (χ1) is 18.6. The Balaban J connectivity index is 1.80. The van der Waals surface area contributed by atoms with Gasteiger partial charge in [-0.1, -0.05) is 11.6 Å². The van der Waals surface area contributed by atoms with Crippen LogP contribution in [-0.2, 0) is 11.4 Å². The van der Waals surface area contributed by atoms with Gasteiger partial charge in [0.2, 0.25) is 5.88 Å². The van der Waals surface area contributed by atoms with Crippen molar-refractivity contribution in [1.82, 2.24) is 19.5 Å². The number of carbonyl (C=O) groups is 1. The molecule has 0 aliphatic heterocycles. The predicted octanol–water partition coefficient (Wildman–Crippen LogP) is 4.19. The summed E-state index contributed by atoms with van der Waals surface area (Å²) in [6, 6.07) is 4.92. The quantitative estimate of drug-likeness (QED) is 0.257. The molecule has 0 atom stereocenters. The molecule has 4 rings (SSSR count). The SMILES string of the molecule is COc1ccc(F)c(F)c1COc1cc(-n2c(=O)[nH]c3c(OC)nc(C)nc32)c(Cl)cc1OCCCC(=O)O. The lowest BCUT2D eigenvalue weighted by molar-refractivity contribution is -0.137. The molecule has 0 radical (unpaired) electrons. The van der Waals surface area contributed by atoms with Crippen LogP contribution in [0.15, 0.2) is 29.1 Å². The summed E-state index contributed by atoms with van der Waals surface area (Å²) in [6.45, 7) is 1.14. The van der Waals surface area contributed by atoms with Crippen molar-refractivity contribution < 1.29 is 37.6 Å². The summed E-state index contributed by atoms with van der Waals surface area (Å²) in [4.78, 5) is 35.0. The number of fused-ring (bicyclic) bond motifs is 1. The van der Waals surface area contributed by atoms with E-state index in [1.165, 1.54) is 37.0 Å². The van der Waals surface area contributed by atoms with Gasteiger partial charge in [-0.2, -0.15) is 4.98 Å². The lowest BCUT2D eigenvalue weighted by Crippen LogP contribution is -2.16. The van der Waals surface area contributed by atoms with Gasteiger partial charge in [0.25, 0.3) is 0 Å². The summed E-state index contributed by atoms with van der Waals surface area (Å²) in [5, 5.41) is 8.95. The molecule has 39 heavy (non-hydrogen) atoms. The molecule has 2 heterocycles. The number of ether oxygens (including phenoxy) is 4. The number of nitrogens with one attached hydrogen (secondary N) is 1. The van der Waals surface area contributed by atoms with E-state index in [1.54, 1.807) is 6.92 Å². The van der Waals surface area contributed by atoms with Gasteiger partial charge >= 0.3 is 11.7 Å². The van der Waals surface area contributed by atoms with Crippen molar-refractivity contribution in [2.75, 3.05) is 20.8 Å². The van der Waals surface area contributed by atoms with E-state index < -0.39 is 29.9 Å². The number of halogens is 3. The summed E-state index contributed by atoms with van der Waals surface area (Å²) >= 11 is 6.55. The predicted molar refractivity (Wildman–Crippen MR) is 135 cm³/mol. The normalized spacial score (nSPS) is 11.0. The van der Waals surface area contributed by atoms with Gasteiger partial charge in [-0.15, -0.1) is 0 Å². The fraction of sp³-hybridized carbons (Fsp3) is 0.280. The maximum absolute atomic E-state index is 14.6. The number of methoxy groups -OCH3 is 2. The second kappa shape index (κ2) is 11.6. The maximum atomic E-state index is 14.6. The number of aromatic nitrogens is 4. The Hall–Kier alpha value is -4.39. The first-order valence-corrected chi connectivity index (χ1v) is 11.9. The Labute approximate surface area is 224 Å². The summed E-state index contributed by atoms with van der Waals surface area (Å²) < 4.78 is 51.6. The number of hydrogen-bond donors (Lipinski definition) is 2. The molecule has 11 nitrogen and oxygen atoms in total. The van der Waals surface area contributed by atoms with Gasteiger partial charge in [0, 0.05) is 18.6 Å². The van der Waals surface area contributed by atoms with Crippen molar-refractivity contribution >= 4 is 28.7 Å². The van der Waals surface area contributed by atoms with E-state index in [9.17, 15) is 18.4 Å². The van der Waals surface area contributed by atoms with Crippen molar-refractivity contribution in [3.05, 3.63) is 62.8 Å². The number of aryl methyl sites for hydroxylation is 1. The molecule has 0 saturated heterocycles. The zero-order valence-corrected chi connectivity index (χ0v) is 21.8. The molecular weight excluding hydrogens is 542 g/mol. The van der Waals surface area contributed by atoms with Crippen molar-refractivity contribution in [1.29, 1.82) is 0 Å². The maximum Gasteiger partial charge on any atom is 0.332 e. The molecule has 0 bridgehead atoms. The highest BCUT2D eigenvalue weighted by Gasteiger charge is 2.22. The minimum Gasteiger partial charge on any atom is -0.496 e. The molecule has 4 aromatic rings. The van der Waals surface area contributed by atoms with Crippen molar-refractivity contribution in [3.63, 3.8) is 0 Å². The zero-order valence-electron chi connectivity index (χ0n) is 21.0. The van der Waals surface area contributed by atoms with Crippen molar-refractivity contribution in [3.8, 4) is 28.8 Å². The summed E-state index contributed by atoms with van der Waals surface area (Å²) in [6.07, 6.45) is 0.0394. The molecule has 2 N–H and O–H groups in total. The summed E-state index contributed by atoms with van der Waals surface area (Å²) in [5.41, 5.74) is -0.266. The number of imidazole rings is 1. The molecule has 0 fully saturated rings. The first-order valence-electron chi connectivity index (χ1n) is 11.5. The van der Waals surface area contributed by atoms with E-state index in [2.05, 4.69) is 15.0 Å². The second-order valence-corrected chi connectivity index (χ2v) is 8.58. The highest BCUT2D eigenvalue weighted by Crippen LogP contribution is 2.37. The Morgan fingerprint density at radius 1 is 1.10 bits per heavy atom. The molecule has 0 spiro atoms. The van der Waals surface area contributed by atoms with Gasteiger partial charge in [0.15, 0.2) is 28.8 Å². The van der Waals surface area contributed by atoms with Crippen LogP contribution in [0.2, 0.25) is 5.02 Å². The van der Waals surface area contributed by atoms with Crippen molar-refractivity contribution in [2.45, 2.75) is 26.4 Å². The number of aliphatic carboxylic acids is 1. The third kappa shape index (κ3) is 5.72. The molecule has 0 aliphatic rings. The molecule has 2 aromatic heterocycles. The Bertz CT molecular complexity index is 1610. The van der Waals surface area contributed by atoms with E-state index in [-0.39, 0.29) is 70.0 Å². The first kappa shape index (κ1) is 27.6. The minimum absolute atomic E-state index is 0.00731. The lowest BCUT2D eigenvalue weighted by Gasteiger charge is -2.17.